The zero-order chi connectivity index (χ0) is 18.2. The monoisotopic (exact) mass is 346 g/mol. The van der Waals surface area contributed by atoms with Crippen LogP contribution in [0.25, 0.3) is 0 Å². The Morgan fingerprint density at radius 3 is 2.36 bits per heavy atom. The van der Waals surface area contributed by atoms with Crippen LogP contribution in [0.15, 0.2) is 24.3 Å². The first-order chi connectivity index (χ1) is 12.0. The van der Waals surface area contributed by atoms with Crippen molar-refractivity contribution in [2.24, 2.45) is 11.8 Å². The first kappa shape index (κ1) is 19.4. The van der Waals surface area contributed by atoms with Crippen LogP contribution in [0, 0.1) is 11.8 Å². The summed E-state index contributed by atoms with van der Waals surface area (Å²) in [7, 11) is 0. The van der Waals surface area contributed by atoms with E-state index < -0.39 is 0 Å². The number of carbonyl (C=O) groups excluding carboxylic acids is 2. The predicted molar refractivity (Wildman–Crippen MR) is 98.0 cm³/mol. The Morgan fingerprint density at radius 1 is 1.12 bits per heavy atom. The maximum atomic E-state index is 12.1. The fourth-order valence-electron chi connectivity index (χ4n) is 3.33. The molecule has 1 aromatic rings. The molecule has 2 unspecified atom stereocenters. The summed E-state index contributed by atoms with van der Waals surface area (Å²) in [6.07, 6.45) is 4.61. The van der Waals surface area contributed by atoms with Gasteiger partial charge in [-0.25, -0.2) is 0 Å². The van der Waals surface area contributed by atoms with Gasteiger partial charge in [0.15, 0.2) is 0 Å². The highest BCUT2D eigenvalue weighted by atomic mass is 16.3. The molecule has 3 N–H and O–H groups in total. The molecule has 0 radical (unpaired) electrons. The van der Waals surface area contributed by atoms with E-state index in [9.17, 15) is 14.7 Å². The van der Waals surface area contributed by atoms with Gasteiger partial charge in [-0.15, -0.1) is 0 Å². The second-order valence-electron chi connectivity index (χ2n) is 7.30. The summed E-state index contributed by atoms with van der Waals surface area (Å²) >= 11 is 0. The van der Waals surface area contributed by atoms with Crippen molar-refractivity contribution >= 4 is 11.8 Å². The molecule has 25 heavy (non-hydrogen) atoms. The highest BCUT2D eigenvalue weighted by molar-refractivity contribution is 5.94. The summed E-state index contributed by atoms with van der Waals surface area (Å²) in [4.78, 5) is 24.2. The molecule has 0 bridgehead atoms. The van der Waals surface area contributed by atoms with E-state index in [1.807, 2.05) is 19.1 Å². The third-order valence-corrected chi connectivity index (χ3v) is 4.76. The lowest BCUT2D eigenvalue weighted by Crippen LogP contribution is -2.30. The lowest BCUT2D eigenvalue weighted by molar-refractivity contribution is -0.124. The molecule has 138 valence electrons. The average Bonchev–Trinajstić information content (AvgIpc) is 3.12. The van der Waals surface area contributed by atoms with Gasteiger partial charge in [-0.3, -0.25) is 9.59 Å². The van der Waals surface area contributed by atoms with E-state index in [0.29, 0.717) is 25.1 Å². The number of hydrogen-bond donors (Lipinski definition) is 3. The highest BCUT2D eigenvalue weighted by Crippen LogP contribution is 2.24. The number of amides is 2. The van der Waals surface area contributed by atoms with Crippen LogP contribution in [0.1, 0.15) is 61.9 Å². The van der Waals surface area contributed by atoms with Gasteiger partial charge < -0.3 is 15.7 Å². The molecule has 1 fully saturated rings. The lowest BCUT2D eigenvalue weighted by Gasteiger charge is -2.14. The Balaban J connectivity index is 1.76. The number of carbonyl (C=O) groups is 2. The molecule has 2 amide bonds. The summed E-state index contributed by atoms with van der Waals surface area (Å²) in [5, 5.41) is 15.2. The molecule has 0 heterocycles. The Hall–Kier alpha value is -1.88. The van der Waals surface area contributed by atoms with E-state index in [1.165, 1.54) is 0 Å². The van der Waals surface area contributed by atoms with Gasteiger partial charge in [0, 0.05) is 24.6 Å². The number of nitrogens with one attached hydrogen (secondary N) is 2. The van der Waals surface area contributed by atoms with Crippen molar-refractivity contribution < 1.29 is 14.7 Å². The third kappa shape index (κ3) is 6.50. The van der Waals surface area contributed by atoms with E-state index in [4.69, 9.17) is 0 Å². The fraction of sp³-hybridized carbons (Fsp3) is 0.600. The van der Waals surface area contributed by atoms with Crippen molar-refractivity contribution in [3.8, 4) is 0 Å². The van der Waals surface area contributed by atoms with Gasteiger partial charge in [0.2, 0.25) is 5.91 Å². The number of hydrogen-bond acceptors (Lipinski definition) is 3. The summed E-state index contributed by atoms with van der Waals surface area (Å²) in [5.41, 5.74) is 1.60. The fourth-order valence-corrected chi connectivity index (χ4v) is 3.33. The molecule has 5 heteroatoms. The smallest absolute Gasteiger partial charge is 0.251 e. The van der Waals surface area contributed by atoms with Crippen molar-refractivity contribution in [1.29, 1.82) is 0 Å². The van der Waals surface area contributed by atoms with Crippen molar-refractivity contribution in [1.82, 2.24) is 10.6 Å². The minimum atomic E-state index is -0.356. The number of benzene rings is 1. The molecule has 1 aliphatic carbocycles. The Labute approximate surface area is 150 Å². The highest BCUT2D eigenvalue weighted by Gasteiger charge is 2.22. The molecule has 0 aliphatic heterocycles. The normalized spacial score (nSPS) is 17.1. The third-order valence-electron chi connectivity index (χ3n) is 4.76. The molecule has 0 saturated heterocycles. The van der Waals surface area contributed by atoms with Gasteiger partial charge in [0.05, 0.1) is 6.10 Å². The SMILES string of the molecule is CC(O)CC(C)CNC(=O)c1ccc(CNC(=O)C2CCCC2)cc1. The second kappa shape index (κ2) is 9.56. The largest absolute Gasteiger partial charge is 0.393 e. The molecular weight excluding hydrogens is 316 g/mol. The number of rotatable bonds is 8. The quantitative estimate of drug-likeness (QED) is 0.677. The minimum absolute atomic E-state index is 0.112. The topological polar surface area (TPSA) is 78.4 Å². The standard InChI is InChI=1S/C20H30N2O3/c1-14(11-15(2)23)12-21-20(25)18-9-7-16(8-10-18)13-22-19(24)17-5-3-4-6-17/h7-10,14-15,17,23H,3-6,11-13H2,1-2H3,(H,21,25)(H,22,24). The Morgan fingerprint density at radius 2 is 1.76 bits per heavy atom. The predicted octanol–water partition coefficient (Wildman–Crippen LogP) is 2.63. The molecule has 0 spiro atoms. The van der Waals surface area contributed by atoms with Gasteiger partial charge in [-0.1, -0.05) is 31.9 Å². The van der Waals surface area contributed by atoms with Crippen molar-refractivity contribution in [3.63, 3.8) is 0 Å². The zero-order valence-electron chi connectivity index (χ0n) is 15.3. The van der Waals surface area contributed by atoms with E-state index in [-0.39, 0.29) is 29.8 Å². The van der Waals surface area contributed by atoms with Gasteiger partial charge >= 0.3 is 0 Å². The van der Waals surface area contributed by atoms with Crippen LogP contribution in [0.2, 0.25) is 0 Å². The van der Waals surface area contributed by atoms with Gasteiger partial charge in [-0.2, -0.15) is 0 Å². The maximum absolute atomic E-state index is 12.1. The first-order valence-electron chi connectivity index (χ1n) is 9.28. The number of aliphatic hydroxyl groups excluding tert-OH is 1. The molecule has 2 atom stereocenters. The van der Waals surface area contributed by atoms with E-state index >= 15 is 0 Å². The summed E-state index contributed by atoms with van der Waals surface area (Å²) in [6.45, 7) is 4.80. The average molecular weight is 346 g/mol. The molecule has 1 aliphatic rings. The second-order valence-corrected chi connectivity index (χ2v) is 7.30. The van der Waals surface area contributed by atoms with Crippen LogP contribution >= 0.6 is 0 Å². The Kier molecular flexibility index (Phi) is 7.44. The van der Waals surface area contributed by atoms with Crippen molar-refractivity contribution in [2.75, 3.05) is 6.54 Å². The van der Waals surface area contributed by atoms with Gasteiger partial charge in [0.1, 0.15) is 0 Å². The first-order valence-corrected chi connectivity index (χ1v) is 9.28. The van der Waals surface area contributed by atoms with Crippen LogP contribution < -0.4 is 10.6 Å². The minimum Gasteiger partial charge on any atom is -0.393 e. The van der Waals surface area contributed by atoms with Crippen molar-refractivity contribution in [2.45, 2.75) is 58.6 Å². The summed E-state index contributed by atoms with van der Waals surface area (Å²) in [5.74, 6) is 0.438. The van der Waals surface area contributed by atoms with Crippen LogP contribution in [-0.2, 0) is 11.3 Å². The Bertz CT molecular complexity index is 563. The van der Waals surface area contributed by atoms with Crippen molar-refractivity contribution in [3.05, 3.63) is 35.4 Å². The molecule has 1 aromatic carbocycles. The summed E-state index contributed by atoms with van der Waals surface area (Å²) < 4.78 is 0. The van der Waals surface area contributed by atoms with E-state index in [0.717, 1.165) is 31.2 Å². The molecule has 2 rings (SSSR count). The maximum Gasteiger partial charge on any atom is 0.251 e. The van der Waals surface area contributed by atoms with Crippen LogP contribution in [0.3, 0.4) is 0 Å². The molecule has 5 nitrogen and oxygen atoms in total. The van der Waals surface area contributed by atoms with E-state index in [1.54, 1.807) is 19.1 Å². The molecular formula is C20H30N2O3. The zero-order valence-corrected chi connectivity index (χ0v) is 15.3. The van der Waals surface area contributed by atoms with Crippen LogP contribution in [0.4, 0.5) is 0 Å². The summed E-state index contributed by atoms with van der Waals surface area (Å²) in [6, 6.07) is 7.32. The van der Waals surface area contributed by atoms with Gasteiger partial charge in [-0.05, 0) is 49.8 Å². The lowest BCUT2D eigenvalue weighted by atomic mass is 10.0. The van der Waals surface area contributed by atoms with Crippen LogP contribution in [-0.4, -0.2) is 29.6 Å². The molecule has 0 aromatic heterocycles. The molecule has 1 saturated carbocycles. The van der Waals surface area contributed by atoms with E-state index in [2.05, 4.69) is 10.6 Å². The van der Waals surface area contributed by atoms with Crippen LogP contribution in [0.5, 0.6) is 0 Å². The number of aliphatic hydroxyl groups is 1. The van der Waals surface area contributed by atoms with Gasteiger partial charge in [0.25, 0.3) is 5.91 Å².